The van der Waals surface area contributed by atoms with Crippen LogP contribution in [0.1, 0.15) is 0 Å². The normalized spacial score (nSPS) is 11.6. The molecule has 0 aliphatic heterocycles. The van der Waals surface area contributed by atoms with E-state index >= 15 is 0 Å². The van der Waals surface area contributed by atoms with Crippen molar-refractivity contribution in [3.05, 3.63) is 212 Å². The molecule has 0 spiro atoms. The SMILES string of the molecule is c1ccc(-c2[nH]c3c(ccc4c(-c5ccc6c(ccc7cc(N(c8ccccc8)c8cccc9ccccc89)ccc76)c5)cccc43)c2-c2ccccc2)cc1. The van der Waals surface area contributed by atoms with E-state index in [0.29, 0.717) is 0 Å². The lowest BCUT2D eigenvalue weighted by Crippen LogP contribution is -2.10. The van der Waals surface area contributed by atoms with Crippen molar-refractivity contribution in [3.63, 3.8) is 0 Å². The highest BCUT2D eigenvalue weighted by molar-refractivity contribution is 6.18. The van der Waals surface area contributed by atoms with Gasteiger partial charge in [-0.2, -0.15) is 0 Å². The summed E-state index contributed by atoms with van der Waals surface area (Å²) in [6, 6.07) is 77.0. The van der Waals surface area contributed by atoms with Crippen LogP contribution in [-0.2, 0) is 0 Å². The standard InChI is InChI=1S/C54H36N2/c1-4-15-37(16-5-1)52-50-33-32-48-44(23-13-24-49(48)54(50)55-53(52)38-17-6-2-7-18-38)40-28-30-45-39(34-40)26-27-41-35-43(29-31-46(41)45)56(42-20-8-3-9-21-42)51-25-12-19-36-14-10-11-22-47(36)51/h1-35,55H. The van der Waals surface area contributed by atoms with E-state index in [-0.39, 0.29) is 0 Å². The highest BCUT2D eigenvalue weighted by atomic mass is 15.1. The maximum atomic E-state index is 3.89. The molecule has 1 N–H and O–H groups in total. The van der Waals surface area contributed by atoms with Crippen LogP contribution < -0.4 is 4.90 Å². The van der Waals surface area contributed by atoms with Crippen LogP contribution in [0.5, 0.6) is 0 Å². The fourth-order valence-corrected chi connectivity index (χ4v) is 8.77. The third-order valence-corrected chi connectivity index (χ3v) is 11.4. The van der Waals surface area contributed by atoms with Crippen LogP contribution in [0.2, 0.25) is 0 Å². The summed E-state index contributed by atoms with van der Waals surface area (Å²) in [7, 11) is 0. The Labute approximate surface area is 325 Å². The summed E-state index contributed by atoms with van der Waals surface area (Å²) >= 11 is 0. The zero-order valence-corrected chi connectivity index (χ0v) is 30.7. The smallest absolute Gasteiger partial charge is 0.0545 e. The fraction of sp³-hybridized carbons (Fsp3) is 0. The Morgan fingerprint density at radius 2 is 0.929 bits per heavy atom. The zero-order valence-electron chi connectivity index (χ0n) is 30.7. The van der Waals surface area contributed by atoms with Gasteiger partial charge in [-0.15, -0.1) is 0 Å². The molecule has 2 nitrogen and oxygen atoms in total. The first-order valence-electron chi connectivity index (χ1n) is 19.3. The Kier molecular flexibility index (Phi) is 7.53. The number of benzene rings is 10. The van der Waals surface area contributed by atoms with Crippen molar-refractivity contribution in [3.8, 4) is 33.5 Å². The quantitative estimate of drug-likeness (QED) is 0.170. The third-order valence-electron chi connectivity index (χ3n) is 11.4. The minimum Gasteiger partial charge on any atom is -0.353 e. The number of rotatable bonds is 6. The van der Waals surface area contributed by atoms with Gasteiger partial charge in [0.1, 0.15) is 0 Å². The van der Waals surface area contributed by atoms with Gasteiger partial charge < -0.3 is 9.88 Å². The van der Waals surface area contributed by atoms with Gasteiger partial charge in [0.05, 0.1) is 16.9 Å². The lowest BCUT2D eigenvalue weighted by Gasteiger charge is -2.27. The van der Waals surface area contributed by atoms with E-state index in [1.165, 1.54) is 82.0 Å². The summed E-state index contributed by atoms with van der Waals surface area (Å²) in [4.78, 5) is 6.27. The molecule has 1 aromatic heterocycles. The molecule has 0 unspecified atom stereocenters. The molecule has 11 rings (SSSR count). The Morgan fingerprint density at radius 1 is 0.321 bits per heavy atom. The van der Waals surface area contributed by atoms with Crippen molar-refractivity contribution in [1.29, 1.82) is 0 Å². The molecule has 0 aliphatic rings. The topological polar surface area (TPSA) is 19.0 Å². The number of H-pyrrole nitrogens is 1. The van der Waals surface area contributed by atoms with Gasteiger partial charge in [0, 0.05) is 33.1 Å². The van der Waals surface area contributed by atoms with Crippen LogP contribution in [-0.4, -0.2) is 4.98 Å². The van der Waals surface area contributed by atoms with Crippen molar-refractivity contribution in [2.24, 2.45) is 0 Å². The maximum Gasteiger partial charge on any atom is 0.0545 e. The van der Waals surface area contributed by atoms with Gasteiger partial charge in [-0.05, 0) is 91.0 Å². The molecule has 0 fully saturated rings. The Morgan fingerprint density at radius 3 is 1.73 bits per heavy atom. The predicted octanol–water partition coefficient (Wildman–Crippen LogP) is 15.3. The lowest BCUT2D eigenvalue weighted by atomic mass is 9.92. The van der Waals surface area contributed by atoms with Gasteiger partial charge in [0.25, 0.3) is 0 Å². The molecule has 2 heteroatoms. The van der Waals surface area contributed by atoms with Crippen LogP contribution >= 0.6 is 0 Å². The van der Waals surface area contributed by atoms with Crippen LogP contribution in [0.25, 0.3) is 87.5 Å². The van der Waals surface area contributed by atoms with Gasteiger partial charge in [-0.25, -0.2) is 0 Å². The highest BCUT2D eigenvalue weighted by Crippen LogP contribution is 2.44. The number of nitrogens with zero attached hydrogens (tertiary/aromatic N) is 1. The van der Waals surface area contributed by atoms with E-state index in [0.717, 1.165) is 22.6 Å². The van der Waals surface area contributed by atoms with Crippen molar-refractivity contribution in [2.45, 2.75) is 0 Å². The molecule has 0 amide bonds. The molecule has 0 saturated heterocycles. The molecule has 0 radical (unpaired) electrons. The number of aromatic amines is 1. The molecule has 0 aliphatic carbocycles. The van der Waals surface area contributed by atoms with Crippen LogP contribution in [0.3, 0.4) is 0 Å². The Bertz CT molecular complexity index is 3230. The summed E-state index contributed by atoms with van der Waals surface area (Å²) in [5.41, 5.74) is 11.8. The molecule has 0 atom stereocenters. The highest BCUT2D eigenvalue weighted by Gasteiger charge is 2.19. The summed E-state index contributed by atoms with van der Waals surface area (Å²) in [6.45, 7) is 0. The van der Waals surface area contributed by atoms with E-state index in [9.17, 15) is 0 Å². The molecule has 0 saturated carbocycles. The van der Waals surface area contributed by atoms with Crippen LogP contribution in [0.15, 0.2) is 212 Å². The number of nitrogens with one attached hydrogen (secondary N) is 1. The molecule has 56 heavy (non-hydrogen) atoms. The van der Waals surface area contributed by atoms with E-state index in [2.05, 4.69) is 222 Å². The van der Waals surface area contributed by atoms with Gasteiger partial charge >= 0.3 is 0 Å². The molecule has 1 heterocycles. The van der Waals surface area contributed by atoms with Crippen molar-refractivity contribution in [1.82, 2.24) is 4.98 Å². The van der Waals surface area contributed by atoms with Crippen molar-refractivity contribution >= 4 is 71.1 Å². The largest absolute Gasteiger partial charge is 0.353 e. The van der Waals surface area contributed by atoms with E-state index in [1.807, 2.05) is 0 Å². The number of hydrogen-bond donors (Lipinski definition) is 1. The van der Waals surface area contributed by atoms with Crippen molar-refractivity contribution < 1.29 is 0 Å². The molecule has 0 bridgehead atoms. The second-order valence-electron chi connectivity index (χ2n) is 14.6. The van der Waals surface area contributed by atoms with Crippen LogP contribution in [0.4, 0.5) is 17.1 Å². The number of fused-ring (bicyclic) bond motifs is 7. The summed E-state index contributed by atoms with van der Waals surface area (Å²) < 4.78 is 0. The first kappa shape index (κ1) is 32.0. The van der Waals surface area contributed by atoms with Gasteiger partial charge in [-0.3, -0.25) is 0 Å². The van der Waals surface area contributed by atoms with E-state index in [4.69, 9.17) is 0 Å². The Hall–Kier alpha value is -7.42. The maximum absolute atomic E-state index is 3.89. The second kappa shape index (κ2) is 13.2. The summed E-state index contributed by atoms with van der Waals surface area (Å²) in [5.74, 6) is 0. The summed E-state index contributed by atoms with van der Waals surface area (Å²) in [5, 5.41) is 11.1. The van der Waals surface area contributed by atoms with Crippen molar-refractivity contribution in [2.75, 3.05) is 4.90 Å². The molecule has 262 valence electrons. The zero-order chi connectivity index (χ0) is 37.0. The average Bonchev–Trinajstić information content (AvgIpc) is 3.67. The monoisotopic (exact) mass is 712 g/mol. The van der Waals surface area contributed by atoms with E-state index < -0.39 is 0 Å². The molecular formula is C54H36N2. The molecule has 10 aromatic carbocycles. The first-order chi connectivity index (χ1) is 27.8. The fourth-order valence-electron chi connectivity index (χ4n) is 8.77. The second-order valence-corrected chi connectivity index (χ2v) is 14.6. The number of para-hydroxylation sites is 1. The minimum absolute atomic E-state index is 1.13. The predicted molar refractivity (Wildman–Crippen MR) is 239 cm³/mol. The summed E-state index contributed by atoms with van der Waals surface area (Å²) in [6.07, 6.45) is 0. The lowest BCUT2D eigenvalue weighted by molar-refractivity contribution is 1.30. The molecule has 11 aromatic rings. The number of aromatic nitrogens is 1. The van der Waals surface area contributed by atoms with Gasteiger partial charge in [0.2, 0.25) is 0 Å². The minimum atomic E-state index is 1.13. The average molecular weight is 713 g/mol. The van der Waals surface area contributed by atoms with Crippen LogP contribution in [0, 0.1) is 0 Å². The molecular weight excluding hydrogens is 677 g/mol. The van der Waals surface area contributed by atoms with Gasteiger partial charge in [0.15, 0.2) is 0 Å². The number of anilines is 3. The number of hydrogen-bond acceptors (Lipinski definition) is 1. The Balaban J connectivity index is 1.03. The van der Waals surface area contributed by atoms with Gasteiger partial charge in [-0.1, -0.05) is 176 Å². The first-order valence-corrected chi connectivity index (χ1v) is 19.3. The third kappa shape index (κ3) is 5.26. The van der Waals surface area contributed by atoms with E-state index in [1.54, 1.807) is 0 Å².